The third-order valence-electron chi connectivity index (χ3n) is 2.57. The van der Waals surface area contributed by atoms with E-state index in [2.05, 4.69) is 30.1 Å². The maximum atomic E-state index is 4.63. The Labute approximate surface area is 98.4 Å². The van der Waals surface area contributed by atoms with Crippen LogP contribution >= 0.6 is 11.3 Å². The number of benzene rings is 2. The first kappa shape index (κ1) is 9.55. The third-order valence-corrected chi connectivity index (χ3v) is 3.63. The smallest absolute Gasteiger partial charge is 0.125 e. The predicted molar refractivity (Wildman–Crippen MR) is 68.6 cm³/mol. The molecule has 0 amide bonds. The molecule has 0 saturated carbocycles. The fourth-order valence-electron chi connectivity index (χ4n) is 1.73. The Bertz CT molecular complexity index is 607. The molecule has 0 aliphatic rings. The van der Waals surface area contributed by atoms with Crippen molar-refractivity contribution in [3.05, 3.63) is 54.1 Å². The lowest BCUT2D eigenvalue weighted by molar-refractivity contribution is 1.41. The summed E-state index contributed by atoms with van der Waals surface area (Å²) in [5, 5.41) is 1.05. The van der Waals surface area contributed by atoms with Crippen LogP contribution in [0.5, 0.6) is 0 Å². The van der Waals surface area contributed by atoms with E-state index in [1.54, 1.807) is 11.3 Å². The molecule has 1 heterocycles. The summed E-state index contributed by atoms with van der Waals surface area (Å²) in [6, 6.07) is 17.5. The largest absolute Gasteiger partial charge is 0.236 e. The molecule has 77 valence electrons. The third kappa shape index (κ3) is 1.51. The second-order valence-electron chi connectivity index (χ2n) is 3.71. The van der Waals surface area contributed by atoms with Gasteiger partial charge >= 0.3 is 0 Å². The SMILES string of the molecule is Cc1ccc[c]c1-c1nc2ccccc2s1. The highest BCUT2D eigenvalue weighted by atomic mass is 32.1. The highest BCUT2D eigenvalue weighted by molar-refractivity contribution is 7.21. The van der Waals surface area contributed by atoms with Crippen molar-refractivity contribution in [1.29, 1.82) is 0 Å². The fraction of sp³-hybridized carbons (Fsp3) is 0.0714. The minimum atomic E-state index is 1.05. The molecule has 1 nitrogen and oxygen atoms in total. The molecule has 0 spiro atoms. The molecule has 0 unspecified atom stereocenters. The van der Waals surface area contributed by atoms with Crippen LogP contribution in [-0.4, -0.2) is 4.98 Å². The Hall–Kier alpha value is -1.67. The zero-order valence-corrected chi connectivity index (χ0v) is 9.71. The van der Waals surface area contributed by atoms with Crippen LogP contribution in [0.2, 0.25) is 0 Å². The molecule has 3 rings (SSSR count). The molecule has 0 atom stereocenters. The van der Waals surface area contributed by atoms with E-state index in [4.69, 9.17) is 0 Å². The lowest BCUT2D eigenvalue weighted by Gasteiger charge is -1.98. The molecular formula is C14H10NS. The quantitative estimate of drug-likeness (QED) is 0.607. The molecule has 2 aromatic carbocycles. The minimum absolute atomic E-state index is 1.05. The number of rotatable bonds is 1. The lowest BCUT2D eigenvalue weighted by Crippen LogP contribution is -1.80. The molecule has 0 aliphatic heterocycles. The van der Waals surface area contributed by atoms with E-state index in [0.29, 0.717) is 0 Å². The van der Waals surface area contributed by atoms with Crippen molar-refractivity contribution >= 4 is 21.6 Å². The maximum Gasteiger partial charge on any atom is 0.125 e. The van der Waals surface area contributed by atoms with Gasteiger partial charge in [0.05, 0.1) is 10.2 Å². The number of fused-ring (bicyclic) bond motifs is 1. The number of thiazole rings is 1. The van der Waals surface area contributed by atoms with Gasteiger partial charge in [0, 0.05) is 5.56 Å². The average molecular weight is 224 g/mol. The van der Waals surface area contributed by atoms with Gasteiger partial charge in [-0.05, 0) is 30.7 Å². The summed E-state index contributed by atoms with van der Waals surface area (Å²) in [5.41, 5.74) is 3.41. The Morgan fingerprint density at radius 2 is 2.00 bits per heavy atom. The summed E-state index contributed by atoms with van der Waals surface area (Å²) in [6.07, 6.45) is 0. The average Bonchev–Trinajstić information content (AvgIpc) is 2.73. The monoisotopic (exact) mass is 224 g/mol. The molecule has 2 heteroatoms. The molecular weight excluding hydrogens is 214 g/mol. The van der Waals surface area contributed by atoms with E-state index in [-0.39, 0.29) is 0 Å². The van der Waals surface area contributed by atoms with Crippen LogP contribution in [0.4, 0.5) is 0 Å². The van der Waals surface area contributed by atoms with Gasteiger partial charge in [-0.2, -0.15) is 0 Å². The van der Waals surface area contributed by atoms with Gasteiger partial charge in [0.1, 0.15) is 5.01 Å². The van der Waals surface area contributed by atoms with Crippen molar-refractivity contribution in [2.24, 2.45) is 0 Å². The molecule has 0 N–H and O–H groups in total. The first-order chi connectivity index (χ1) is 7.84. The summed E-state index contributed by atoms with van der Waals surface area (Å²) in [6.45, 7) is 2.10. The zero-order chi connectivity index (χ0) is 11.0. The van der Waals surface area contributed by atoms with Gasteiger partial charge in [-0.25, -0.2) is 4.98 Å². The molecule has 1 aromatic heterocycles. The summed E-state index contributed by atoms with van der Waals surface area (Å²) >= 11 is 1.72. The Balaban J connectivity index is 2.23. The number of hydrogen-bond acceptors (Lipinski definition) is 2. The zero-order valence-electron chi connectivity index (χ0n) is 8.90. The van der Waals surface area contributed by atoms with Crippen LogP contribution < -0.4 is 0 Å². The number of aromatic nitrogens is 1. The highest BCUT2D eigenvalue weighted by Gasteiger charge is 2.07. The van der Waals surface area contributed by atoms with E-state index in [9.17, 15) is 0 Å². The van der Waals surface area contributed by atoms with Gasteiger partial charge in [0.25, 0.3) is 0 Å². The van der Waals surface area contributed by atoms with E-state index in [0.717, 1.165) is 16.1 Å². The van der Waals surface area contributed by atoms with Crippen molar-refractivity contribution in [2.45, 2.75) is 6.92 Å². The topological polar surface area (TPSA) is 12.9 Å². The molecule has 16 heavy (non-hydrogen) atoms. The van der Waals surface area contributed by atoms with Crippen molar-refractivity contribution in [2.75, 3.05) is 0 Å². The van der Waals surface area contributed by atoms with Crippen LogP contribution in [0.1, 0.15) is 5.56 Å². The van der Waals surface area contributed by atoms with E-state index in [1.807, 2.05) is 30.3 Å². The second kappa shape index (κ2) is 3.72. The normalized spacial score (nSPS) is 10.8. The first-order valence-electron chi connectivity index (χ1n) is 5.18. The number of aryl methyl sites for hydroxylation is 1. The van der Waals surface area contributed by atoms with Gasteiger partial charge in [0.2, 0.25) is 0 Å². The molecule has 0 bridgehead atoms. The summed E-state index contributed by atoms with van der Waals surface area (Å²) in [5.74, 6) is 0. The number of para-hydroxylation sites is 1. The van der Waals surface area contributed by atoms with Crippen molar-refractivity contribution < 1.29 is 0 Å². The summed E-state index contributed by atoms with van der Waals surface area (Å²) in [4.78, 5) is 4.63. The van der Waals surface area contributed by atoms with Gasteiger partial charge < -0.3 is 0 Å². The van der Waals surface area contributed by atoms with Gasteiger partial charge in [-0.3, -0.25) is 0 Å². The summed E-state index contributed by atoms with van der Waals surface area (Å²) in [7, 11) is 0. The Morgan fingerprint density at radius 1 is 1.12 bits per heavy atom. The van der Waals surface area contributed by atoms with Crippen LogP contribution in [0.15, 0.2) is 42.5 Å². The molecule has 3 aromatic rings. The van der Waals surface area contributed by atoms with E-state index < -0.39 is 0 Å². The molecule has 0 fully saturated rings. The lowest BCUT2D eigenvalue weighted by atomic mass is 10.1. The Kier molecular flexibility index (Phi) is 2.22. The Morgan fingerprint density at radius 3 is 2.81 bits per heavy atom. The number of hydrogen-bond donors (Lipinski definition) is 0. The van der Waals surface area contributed by atoms with Gasteiger partial charge in [0.15, 0.2) is 0 Å². The highest BCUT2D eigenvalue weighted by Crippen LogP contribution is 2.31. The van der Waals surface area contributed by atoms with Crippen LogP contribution in [0.3, 0.4) is 0 Å². The van der Waals surface area contributed by atoms with Crippen LogP contribution in [0, 0.1) is 13.0 Å². The van der Waals surface area contributed by atoms with Crippen molar-refractivity contribution in [3.8, 4) is 10.6 Å². The first-order valence-corrected chi connectivity index (χ1v) is 5.99. The second-order valence-corrected chi connectivity index (χ2v) is 4.75. The molecule has 0 saturated heterocycles. The maximum absolute atomic E-state index is 4.63. The summed E-state index contributed by atoms with van der Waals surface area (Å²) < 4.78 is 1.23. The van der Waals surface area contributed by atoms with Crippen molar-refractivity contribution in [1.82, 2.24) is 4.98 Å². The standard InChI is InChI=1S/C14H10NS/c1-10-6-2-3-7-11(10)14-15-12-8-4-5-9-13(12)16-14/h2-6,8-9H,1H3. The van der Waals surface area contributed by atoms with Crippen LogP contribution in [-0.2, 0) is 0 Å². The predicted octanol–water partition coefficient (Wildman–Crippen LogP) is 4.07. The van der Waals surface area contributed by atoms with Gasteiger partial charge in [-0.1, -0.05) is 30.3 Å². The molecule has 0 aliphatic carbocycles. The molecule has 1 radical (unpaired) electrons. The van der Waals surface area contributed by atoms with E-state index in [1.165, 1.54) is 10.3 Å². The van der Waals surface area contributed by atoms with Gasteiger partial charge in [-0.15, -0.1) is 11.3 Å². The van der Waals surface area contributed by atoms with Crippen molar-refractivity contribution in [3.63, 3.8) is 0 Å². The van der Waals surface area contributed by atoms with E-state index >= 15 is 0 Å². The number of nitrogens with zero attached hydrogens (tertiary/aromatic N) is 1. The van der Waals surface area contributed by atoms with Crippen LogP contribution in [0.25, 0.3) is 20.8 Å². The minimum Gasteiger partial charge on any atom is -0.236 e. The fourth-order valence-corrected chi connectivity index (χ4v) is 2.77.